The van der Waals surface area contributed by atoms with Gasteiger partial charge in [0.1, 0.15) is 0 Å². The molecule has 2 bridgehead atoms. The van der Waals surface area contributed by atoms with Crippen molar-refractivity contribution in [3.8, 4) is 5.19 Å². The fraction of sp³-hybridized carbons (Fsp3) is 0.727. The monoisotopic (exact) mass is 332 g/mol. The molecule has 1 aromatic rings. The highest BCUT2D eigenvalue weighted by Gasteiger charge is 2.44. The Bertz CT molecular complexity index is 644. The number of carbonyl (C=O) groups is 1. The molecule has 2 aliphatic rings. The maximum absolute atomic E-state index is 12.2. The number of nitrogens with zero attached hydrogens (tertiary/aromatic N) is 3. The molecule has 21 heavy (non-hydrogen) atoms. The molecule has 2 amide bonds. The summed E-state index contributed by atoms with van der Waals surface area (Å²) in [7, 11) is -1.60. The molecule has 2 unspecified atom stereocenters. The van der Waals surface area contributed by atoms with Gasteiger partial charge < -0.3 is 9.64 Å². The Balaban J connectivity index is 1.68. The molecule has 0 saturated carbocycles. The lowest BCUT2D eigenvalue weighted by Gasteiger charge is -2.23. The second kappa shape index (κ2) is 5.41. The van der Waals surface area contributed by atoms with Crippen LogP contribution in [0.4, 0.5) is 9.93 Å². The van der Waals surface area contributed by atoms with Crippen LogP contribution in [0.2, 0.25) is 0 Å². The van der Waals surface area contributed by atoms with Crippen molar-refractivity contribution >= 4 is 32.3 Å². The van der Waals surface area contributed by atoms with Crippen LogP contribution in [0.1, 0.15) is 19.3 Å². The number of hydrogen-bond donors (Lipinski definition) is 1. The molecule has 10 heteroatoms. The van der Waals surface area contributed by atoms with E-state index in [0.717, 1.165) is 17.8 Å². The molecule has 2 atom stereocenters. The Hall–Kier alpha value is -1.42. The van der Waals surface area contributed by atoms with Crippen molar-refractivity contribution < 1.29 is 17.9 Å². The number of urea groups is 1. The summed E-state index contributed by atoms with van der Waals surface area (Å²) in [5.41, 5.74) is 0. The number of ether oxygens (including phenoxy) is 1. The van der Waals surface area contributed by atoms with Crippen LogP contribution in [0.15, 0.2) is 0 Å². The summed E-state index contributed by atoms with van der Waals surface area (Å²) in [6.07, 6.45) is 1.87. The van der Waals surface area contributed by atoms with Crippen LogP contribution in [0.25, 0.3) is 0 Å². The standard InChI is InChI=1S/C11H16N4O4S2/c1-19-11-14-13-9(20-11)12-10(16)15-5-4-7-2-3-8(6-15)21(7,17)18/h7-8H,2-6H2,1H3,(H,12,13,16). The summed E-state index contributed by atoms with van der Waals surface area (Å²) in [4.78, 5) is 13.8. The average molecular weight is 332 g/mol. The molecule has 2 saturated heterocycles. The quantitative estimate of drug-likeness (QED) is 0.857. The van der Waals surface area contributed by atoms with E-state index in [1.165, 1.54) is 7.11 Å². The molecular weight excluding hydrogens is 316 g/mol. The van der Waals surface area contributed by atoms with Gasteiger partial charge in [0.15, 0.2) is 9.84 Å². The number of likely N-dealkylation sites (tertiary alicyclic amines) is 1. The molecule has 1 N–H and O–H groups in total. The number of nitrogens with one attached hydrogen (secondary N) is 1. The second-order valence-corrected chi connectivity index (χ2v) is 8.60. The zero-order valence-corrected chi connectivity index (χ0v) is 13.1. The van der Waals surface area contributed by atoms with Gasteiger partial charge >= 0.3 is 6.03 Å². The second-order valence-electron chi connectivity index (χ2n) is 5.15. The number of methoxy groups -OCH3 is 1. The van der Waals surface area contributed by atoms with Gasteiger partial charge in [0.05, 0.1) is 17.6 Å². The van der Waals surface area contributed by atoms with Gasteiger partial charge in [-0.2, -0.15) is 0 Å². The third-order valence-electron chi connectivity index (χ3n) is 3.97. The van der Waals surface area contributed by atoms with Crippen LogP contribution in [-0.2, 0) is 9.84 Å². The topological polar surface area (TPSA) is 101 Å². The Kier molecular flexibility index (Phi) is 3.74. The van der Waals surface area contributed by atoms with Crippen molar-refractivity contribution in [3.05, 3.63) is 0 Å². The Morgan fingerprint density at radius 2 is 2.10 bits per heavy atom. The predicted octanol–water partition coefficient (Wildman–Crippen LogP) is 0.730. The predicted molar refractivity (Wildman–Crippen MR) is 77.4 cm³/mol. The van der Waals surface area contributed by atoms with Crippen molar-refractivity contribution in [1.29, 1.82) is 0 Å². The SMILES string of the molecule is COc1nnc(NC(=O)N2CCC3CCC(C2)S3(=O)=O)s1. The summed E-state index contributed by atoms with van der Waals surface area (Å²) in [5.74, 6) is 0. The van der Waals surface area contributed by atoms with Gasteiger partial charge in [-0.15, -0.1) is 5.10 Å². The minimum absolute atomic E-state index is 0.251. The highest BCUT2D eigenvalue weighted by molar-refractivity contribution is 7.93. The first-order chi connectivity index (χ1) is 10.0. The fourth-order valence-electron chi connectivity index (χ4n) is 2.81. The van der Waals surface area contributed by atoms with Gasteiger partial charge in [-0.25, -0.2) is 13.2 Å². The van der Waals surface area contributed by atoms with E-state index in [1.807, 2.05) is 0 Å². The number of amides is 2. The normalized spacial score (nSPS) is 27.2. The molecule has 8 nitrogen and oxygen atoms in total. The number of hydrogen-bond acceptors (Lipinski definition) is 7. The summed E-state index contributed by atoms with van der Waals surface area (Å²) in [6, 6.07) is -0.337. The Morgan fingerprint density at radius 3 is 2.81 bits per heavy atom. The molecule has 3 heterocycles. The fourth-order valence-corrected chi connectivity index (χ4v) is 5.66. The minimum atomic E-state index is -3.07. The van der Waals surface area contributed by atoms with Crippen LogP contribution in [0.3, 0.4) is 0 Å². The van der Waals surface area contributed by atoms with E-state index >= 15 is 0 Å². The van der Waals surface area contributed by atoms with Crippen LogP contribution >= 0.6 is 11.3 Å². The summed E-state index contributed by atoms with van der Waals surface area (Å²) in [6.45, 7) is 0.697. The van der Waals surface area contributed by atoms with Crippen molar-refractivity contribution in [2.75, 3.05) is 25.5 Å². The number of anilines is 1. The Labute approximate surface area is 126 Å². The van der Waals surface area contributed by atoms with E-state index in [2.05, 4.69) is 15.5 Å². The number of rotatable bonds is 2. The first-order valence-corrected chi connectivity index (χ1v) is 9.09. The Morgan fingerprint density at radius 1 is 1.33 bits per heavy atom. The van der Waals surface area contributed by atoms with E-state index in [9.17, 15) is 13.2 Å². The van der Waals surface area contributed by atoms with Gasteiger partial charge in [-0.05, 0) is 30.6 Å². The smallest absolute Gasteiger partial charge is 0.323 e. The lowest BCUT2D eigenvalue weighted by molar-refractivity contribution is 0.209. The van der Waals surface area contributed by atoms with Crippen LogP contribution in [-0.4, -0.2) is 60.2 Å². The first kappa shape index (κ1) is 14.5. The zero-order valence-electron chi connectivity index (χ0n) is 11.5. The highest BCUT2D eigenvalue weighted by Crippen LogP contribution is 2.33. The number of sulfone groups is 1. The number of aromatic nitrogens is 2. The summed E-state index contributed by atoms with van der Waals surface area (Å²) >= 11 is 1.12. The van der Waals surface area contributed by atoms with Crippen molar-refractivity contribution in [3.63, 3.8) is 0 Å². The van der Waals surface area contributed by atoms with Crippen LogP contribution < -0.4 is 10.1 Å². The maximum Gasteiger partial charge on any atom is 0.323 e. The maximum atomic E-state index is 12.2. The third kappa shape index (κ3) is 2.69. The van der Waals surface area contributed by atoms with Gasteiger partial charge in [-0.3, -0.25) is 5.32 Å². The van der Waals surface area contributed by atoms with E-state index < -0.39 is 15.1 Å². The summed E-state index contributed by atoms with van der Waals surface area (Å²) in [5, 5.41) is 10.1. The molecule has 3 rings (SSSR count). The molecule has 0 aromatic carbocycles. The molecule has 0 spiro atoms. The van der Waals surface area contributed by atoms with Crippen molar-refractivity contribution in [2.45, 2.75) is 29.8 Å². The highest BCUT2D eigenvalue weighted by atomic mass is 32.2. The minimum Gasteiger partial charge on any atom is -0.472 e. The van der Waals surface area contributed by atoms with E-state index in [1.54, 1.807) is 4.90 Å². The van der Waals surface area contributed by atoms with Gasteiger partial charge in [0.25, 0.3) is 5.19 Å². The molecular formula is C11H16N4O4S2. The molecule has 0 radical (unpaired) electrons. The molecule has 0 aliphatic carbocycles. The van der Waals surface area contributed by atoms with E-state index in [0.29, 0.717) is 29.7 Å². The van der Waals surface area contributed by atoms with Crippen molar-refractivity contribution in [2.24, 2.45) is 0 Å². The lowest BCUT2D eigenvalue weighted by Crippen LogP contribution is -2.40. The lowest BCUT2D eigenvalue weighted by atomic mass is 10.1. The largest absolute Gasteiger partial charge is 0.472 e. The zero-order chi connectivity index (χ0) is 15.0. The molecule has 1 aromatic heterocycles. The van der Waals surface area contributed by atoms with Gasteiger partial charge in [-0.1, -0.05) is 5.10 Å². The first-order valence-electron chi connectivity index (χ1n) is 6.67. The third-order valence-corrected chi connectivity index (χ3v) is 7.48. The van der Waals surface area contributed by atoms with Crippen LogP contribution in [0.5, 0.6) is 5.19 Å². The van der Waals surface area contributed by atoms with Gasteiger partial charge in [0.2, 0.25) is 5.13 Å². The van der Waals surface area contributed by atoms with Crippen LogP contribution in [0, 0.1) is 0 Å². The number of carbonyl (C=O) groups excluding carboxylic acids is 1. The number of fused-ring (bicyclic) bond motifs is 2. The average Bonchev–Trinajstić information content (AvgIpc) is 2.92. The van der Waals surface area contributed by atoms with Crippen molar-refractivity contribution in [1.82, 2.24) is 15.1 Å². The van der Waals surface area contributed by atoms with E-state index in [4.69, 9.17) is 4.74 Å². The summed E-state index contributed by atoms with van der Waals surface area (Å²) < 4.78 is 29.2. The molecule has 116 valence electrons. The molecule has 2 fully saturated rings. The molecule has 2 aliphatic heterocycles. The van der Waals surface area contributed by atoms with Gasteiger partial charge in [0, 0.05) is 13.1 Å². The van der Waals surface area contributed by atoms with E-state index in [-0.39, 0.29) is 17.8 Å².